The average Bonchev–Trinajstić information content (AvgIpc) is 3.09. The van der Waals surface area contributed by atoms with Crippen LogP contribution in [0.1, 0.15) is 20.8 Å². The number of anilines is 1. The second kappa shape index (κ2) is 8.40. The third-order valence-electron chi connectivity index (χ3n) is 4.73. The van der Waals surface area contributed by atoms with Crippen molar-refractivity contribution in [3.63, 3.8) is 0 Å². The third kappa shape index (κ3) is 4.12. The van der Waals surface area contributed by atoms with Crippen LogP contribution in [-0.4, -0.2) is 20.4 Å². The summed E-state index contributed by atoms with van der Waals surface area (Å²) >= 11 is 4.40. The molecule has 0 aliphatic carbocycles. The van der Waals surface area contributed by atoms with Gasteiger partial charge >= 0.3 is 0 Å². The molecule has 2 aromatic carbocycles. The van der Waals surface area contributed by atoms with Gasteiger partial charge in [0.25, 0.3) is 17.2 Å². The smallest absolute Gasteiger partial charge is 0.271 e. The largest absolute Gasteiger partial charge is 0.320 e. The Balaban J connectivity index is 1.69. The van der Waals surface area contributed by atoms with E-state index in [0.29, 0.717) is 31.7 Å². The van der Waals surface area contributed by atoms with Crippen molar-refractivity contribution in [2.75, 3.05) is 5.32 Å². The molecule has 156 valence electrons. The van der Waals surface area contributed by atoms with E-state index in [1.807, 2.05) is 30.3 Å². The normalized spacial score (nSPS) is 10.9. The molecule has 31 heavy (non-hydrogen) atoms. The van der Waals surface area contributed by atoms with Gasteiger partial charge in [0.2, 0.25) is 0 Å². The lowest BCUT2D eigenvalue weighted by Gasteiger charge is -2.07. The molecule has 10 heteroatoms. The molecule has 0 unspecified atom stereocenters. The molecule has 0 saturated carbocycles. The summed E-state index contributed by atoms with van der Waals surface area (Å²) < 4.78 is 2.02. The molecule has 0 aliphatic rings. The zero-order chi connectivity index (χ0) is 22.1. The number of aromatic nitrogens is 2. The summed E-state index contributed by atoms with van der Waals surface area (Å²) in [4.78, 5) is 41.6. The highest BCUT2D eigenvalue weighted by Crippen LogP contribution is 2.31. The predicted molar refractivity (Wildman–Crippen MR) is 123 cm³/mol. The second-order valence-electron chi connectivity index (χ2n) is 6.77. The minimum Gasteiger partial charge on any atom is -0.320 e. The van der Waals surface area contributed by atoms with Gasteiger partial charge in [0.15, 0.2) is 0 Å². The van der Waals surface area contributed by atoms with Crippen LogP contribution in [0.3, 0.4) is 0 Å². The summed E-state index contributed by atoms with van der Waals surface area (Å²) in [5.41, 5.74) is 1.40. The Bertz CT molecular complexity index is 1380. The Kier molecular flexibility index (Phi) is 5.66. The zero-order valence-corrected chi connectivity index (χ0v) is 18.6. The first-order chi connectivity index (χ1) is 14.8. The Labute approximate surface area is 188 Å². The van der Waals surface area contributed by atoms with Gasteiger partial charge in [-0.05, 0) is 40.0 Å². The number of halogens is 1. The van der Waals surface area contributed by atoms with Crippen molar-refractivity contribution in [2.45, 2.75) is 13.5 Å². The number of carbonyl (C=O) groups is 1. The Hall–Kier alpha value is -3.37. The number of hydrogen-bond acceptors (Lipinski definition) is 6. The maximum absolute atomic E-state index is 13.0. The van der Waals surface area contributed by atoms with Crippen molar-refractivity contribution in [1.82, 2.24) is 9.55 Å². The number of aryl methyl sites for hydroxylation is 1. The standard InChI is InChI=1S/C21H15BrN4O4S/c1-12-17-20(23-11-25(21(17)28)10-13-5-3-2-4-6-13)31-18(12)19(27)24-16-9-14(26(29)30)7-8-15(16)22/h2-9,11H,10H2,1H3,(H,24,27). The van der Waals surface area contributed by atoms with Crippen molar-refractivity contribution < 1.29 is 9.72 Å². The Morgan fingerprint density at radius 2 is 2.00 bits per heavy atom. The number of non-ortho nitro benzene ring substituents is 1. The fraction of sp³-hybridized carbons (Fsp3) is 0.0952. The average molecular weight is 499 g/mol. The molecule has 4 aromatic rings. The number of nitro benzene ring substituents is 1. The van der Waals surface area contributed by atoms with Crippen molar-refractivity contribution in [3.8, 4) is 0 Å². The van der Waals surface area contributed by atoms with Crippen LogP contribution in [0.25, 0.3) is 10.2 Å². The SMILES string of the molecule is Cc1c(C(=O)Nc2cc([N+](=O)[O-])ccc2Br)sc2ncn(Cc3ccccc3)c(=O)c12. The van der Waals surface area contributed by atoms with Crippen LogP contribution in [0, 0.1) is 17.0 Å². The number of thiophene rings is 1. The first-order valence-corrected chi connectivity index (χ1v) is 10.7. The Morgan fingerprint density at radius 3 is 2.71 bits per heavy atom. The van der Waals surface area contributed by atoms with Gasteiger partial charge in [-0.15, -0.1) is 11.3 Å². The van der Waals surface area contributed by atoms with Crippen LogP contribution < -0.4 is 10.9 Å². The summed E-state index contributed by atoms with van der Waals surface area (Å²) in [7, 11) is 0. The molecule has 2 aromatic heterocycles. The highest BCUT2D eigenvalue weighted by Gasteiger charge is 2.21. The molecule has 0 fully saturated rings. The molecule has 1 amide bonds. The van der Waals surface area contributed by atoms with E-state index in [1.165, 1.54) is 29.1 Å². The van der Waals surface area contributed by atoms with Crippen LogP contribution >= 0.6 is 27.3 Å². The lowest BCUT2D eigenvalue weighted by Crippen LogP contribution is -2.21. The third-order valence-corrected chi connectivity index (χ3v) is 6.62. The van der Waals surface area contributed by atoms with Gasteiger partial charge in [0, 0.05) is 16.6 Å². The maximum Gasteiger partial charge on any atom is 0.271 e. The highest BCUT2D eigenvalue weighted by atomic mass is 79.9. The number of carbonyl (C=O) groups excluding carboxylic acids is 1. The van der Waals surface area contributed by atoms with Crippen LogP contribution in [0.15, 0.2) is 64.1 Å². The van der Waals surface area contributed by atoms with E-state index in [0.717, 1.165) is 16.9 Å². The van der Waals surface area contributed by atoms with Crippen LogP contribution in [0.5, 0.6) is 0 Å². The van der Waals surface area contributed by atoms with Gasteiger partial charge in [-0.3, -0.25) is 24.3 Å². The lowest BCUT2D eigenvalue weighted by molar-refractivity contribution is -0.384. The van der Waals surface area contributed by atoms with Crippen LogP contribution in [0.2, 0.25) is 0 Å². The molecule has 2 heterocycles. The molecular weight excluding hydrogens is 484 g/mol. The van der Waals surface area contributed by atoms with Gasteiger partial charge in [0.05, 0.1) is 33.7 Å². The monoisotopic (exact) mass is 498 g/mol. The number of benzene rings is 2. The summed E-state index contributed by atoms with van der Waals surface area (Å²) in [5, 5.41) is 14.1. The first-order valence-electron chi connectivity index (χ1n) is 9.13. The summed E-state index contributed by atoms with van der Waals surface area (Å²) in [6, 6.07) is 13.7. The fourth-order valence-electron chi connectivity index (χ4n) is 3.17. The number of nitrogens with zero attached hydrogens (tertiary/aromatic N) is 3. The lowest BCUT2D eigenvalue weighted by atomic mass is 10.2. The van der Waals surface area contributed by atoms with Gasteiger partial charge in [0.1, 0.15) is 4.83 Å². The van der Waals surface area contributed by atoms with E-state index in [-0.39, 0.29) is 16.9 Å². The molecule has 0 radical (unpaired) electrons. The molecule has 4 rings (SSSR count). The minimum absolute atomic E-state index is 0.142. The quantitative estimate of drug-likeness (QED) is 0.315. The highest BCUT2D eigenvalue weighted by molar-refractivity contribution is 9.10. The van der Waals surface area contributed by atoms with Crippen LogP contribution in [-0.2, 0) is 6.54 Å². The Morgan fingerprint density at radius 1 is 1.26 bits per heavy atom. The molecule has 0 aliphatic heterocycles. The molecule has 0 spiro atoms. The number of hydrogen-bond donors (Lipinski definition) is 1. The molecule has 0 atom stereocenters. The van der Waals surface area contributed by atoms with E-state index in [4.69, 9.17) is 0 Å². The van der Waals surface area contributed by atoms with Crippen LogP contribution in [0.4, 0.5) is 11.4 Å². The number of rotatable bonds is 5. The zero-order valence-electron chi connectivity index (χ0n) is 16.2. The van der Waals surface area contributed by atoms with Gasteiger partial charge < -0.3 is 5.32 Å². The predicted octanol–water partition coefficient (Wildman–Crippen LogP) is 4.74. The molecule has 1 N–H and O–H groups in total. The number of fused-ring (bicyclic) bond motifs is 1. The van der Waals surface area contributed by atoms with E-state index < -0.39 is 10.8 Å². The first kappa shape index (κ1) is 20.9. The summed E-state index contributed by atoms with van der Waals surface area (Å²) in [6.07, 6.45) is 1.48. The topological polar surface area (TPSA) is 107 Å². The van der Waals surface area contributed by atoms with E-state index in [9.17, 15) is 19.7 Å². The molecular formula is C21H15BrN4O4S. The van der Waals surface area contributed by atoms with Gasteiger partial charge in [-0.25, -0.2) is 4.98 Å². The van der Waals surface area contributed by atoms with E-state index in [1.54, 1.807) is 6.92 Å². The number of amides is 1. The number of nitrogens with one attached hydrogen (secondary N) is 1. The summed E-state index contributed by atoms with van der Waals surface area (Å²) in [6.45, 7) is 2.08. The van der Waals surface area contributed by atoms with Crippen molar-refractivity contribution in [3.05, 3.63) is 95.8 Å². The molecule has 0 bridgehead atoms. The van der Waals surface area contributed by atoms with Crippen molar-refractivity contribution in [1.29, 1.82) is 0 Å². The fourth-order valence-corrected chi connectivity index (χ4v) is 4.55. The van der Waals surface area contributed by atoms with E-state index >= 15 is 0 Å². The maximum atomic E-state index is 13.0. The van der Waals surface area contributed by atoms with Crippen molar-refractivity contribution >= 4 is 54.8 Å². The van der Waals surface area contributed by atoms with Gasteiger partial charge in [-0.2, -0.15) is 0 Å². The van der Waals surface area contributed by atoms with E-state index in [2.05, 4.69) is 26.2 Å². The second-order valence-corrected chi connectivity index (χ2v) is 8.63. The molecule has 0 saturated heterocycles. The number of nitro groups is 1. The van der Waals surface area contributed by atoms with Gasteiger partial charge in [-0.1, -0.05) is 30.3 Å². The summed E-state index contributed by atoms with van der Waals surface area (Å²) in [5.74, 6) is -0.462. The molecule has 8 nitrogen and oxygen atoms in total. The minimum atomic E-state index is -0.536. The van der Waals surface area contributed by atoms with Crippen molar-refractivity contribution in [2.24, 2.45) is 0 Å².